The first kappa shape index (κ1) is 20.6. The zero-order valence-electron chi connectivity index (χ0n) is 18.8. The van der Waals surface area contributed by atoms with E-state index in [1.807, 2.05) is 84.9 Å². The van der Waals surface area contributed by atoms with E-state index in [0.717, 1.165) is 28.4 Å². The number of hydrogen-bond acceptors (Lipinski definition) is 4. The van der Waals surface area contributed by atoms with E-state index >= 15 is 0 Å². The van der Waals surface area contributed by atoms with Crippen molar-refractivity contribution in [3.05, 3.63) is 108 Å². The molecule has 4 aromatic rings. The molecule has 168 valence electrons. The van der Waals surface area contributed by atoms with Crippen molar-refractivity contribution in [1.82, 2.24) is 0 Å². The van der Waals surface area contributed by atoms with Crippen molar-refractivity contribution in [3.8, 4) is 0 Å². The maximum absolute atomic E-state index is 13.9. The molecule has 34 heavy (non-hydrogen) atoms. The number of nitrogens with zero attached hydrogens (tertiary/aromatic N) is 2. The summed E-state index contributed by atoms with van der Waals surface area (Å²) in [6.07, 6.45) is 0.0601. The van der Waals surface area contributed by atoms with Crippen molar-refractivity contribution < 1.29 is 14.4 Å². The van der Waals surface area contributed by atoms with Gasteiger partial charge in [0.25, 0.3) is 5.91 Å². The second kappa shape index (κ2) is 8.12. The lowest BCUT2D eigenvalue weighted by Gasteiger charge is -2.29. The Morgan fingerprint density at radius 2 is 1.47 bits per heavy atom. The number of amides is 2. The maximum atomic E-state index is 13.9. The van der Waals surface area contributed by atoms with Crippen molar-refractivity contribution in [3.63, 3.8) is 0 Å². The van der Waals surface area contributed by atoms with Crippen LogP contribution in [0.1, 0.15) is 24.1 Å². The minimum atomic E-state index is -0.873. The van der Waals surface area contributed by atoms with Crippen LogP contribution in [0.25, 0.3) is 10.8 Å². The minimum Gasteiger partial charge on any atom is -0.273 e. The minimum absolute atomic E-state index is 0.227. The smallest absolute Gasteiger partial charge is 0.266 e. The topological polar surface area (TPSA) is 49.9 Å². The maximum Gasteiger partial charge on any atom is 0.266 e. The quantitative estimate of drug-likeness (QED) is 0.390. The number of carbonyl (C=O) groups excluding carboxylic acids is 2. The van der Waals surface area contributed by atoms with Crippen LogP contribution in [0.3, 0.4) is 0 Å². The van der Waals surface area contributed by atoms with Crippen molar-refractivity contribution in [1.29, 1.82) is 0 Å². The predicted octanol–water partition coefficient (Wildman–Crippen LogP) is 5.45. The number of rotatable bonds is 4. The van der Waals surface area contributed by atoms with Gasteiger partial charge in [-0.1, -0.05) is 85.8 Å². The number of imide groups is 1. The van der Waals surface area contributed by atoms with Crippen LogP contribution < -0.4 is 9.96 Å². The summed E-state index contributed by atoms with van der Waals surface area (Å²) < 4.78 is 0. The van der Waals surface area contributed by atoms with Crippen LogP contribution in [-0.2, 0) is 20.8 Å². The van der Waals surface area contributed by atoms with Gasteiger partial charge in [0, 0.05) is 5.39 Å². The number of hydrogen-bond donors (Lipinski definition) is 0. The molecule has 0 radical (unpaired) electrons. The van der Waals surface area contributed by atoms with E-state index in [9.17, 15) is 9.59 Å². The van der Waals surface area contributed by atoms with Crippen LogP contribution >= 0.6 is 0 Å². The third-order valence-corrected chi connectivity index (χ3v) is 6.86. The Balaban J connectivity index is 1.45. The highest BCUT2D eigenvalue weighted by atomic mass is 16.7. The Labute approximate surface area is 198 Å². The van der Waals surface area contributed by atoms with Crippen LogP contribution in [0, 0.1) is 5.92 Å². The largest absolute Gasteiger partial charge is 0.273 e. The van der Waals surface area contributed by atoms with Crippen molar-refractivity contribution in [2.24, 2.45) is 5.92 Å². The first-order valence-corrected chi connectivity index (χ1v) is 11.6. The molecule has 0 aliphatic carbocycles. The van der Waals surface area contributed by atoms with Gasteiger partial charge in [0.05, 0.1) is 17.4 Å². The van der Waals surface area contributed by atoms with Gasteiger partial charge in [0.2, 0.25) is 5.91 Å². The number of benzene rings is 4. The van der Waals surface area contributed by atoms with Crippen LogP contribution in [0.5, 0.6) is 0 Å². The predicted molar refractivity (Wildman–Crippen MR) is 132 cm³/mol. The summed E-state index contributed by atoms with van der Waals surface area (Å²) in [5.41, 5.74) is 3.60. The van der Waals surface area contributed by atoms with Gasteiger partial charge >= 0.3 is 0 Å². The Morgan fingerprint density at radius 1 is 0.765 bits per heavy atom. The average Bonchev–Trinajstić information content (AvgIpc) is 3.40. The van der Waals surface area contributed by atoms with Crippen molar-refractivity contribution in [2.45, 2.75) is 25.5 Å². The molecule has 2 aliphatic heterocycles. The van der Waals surface area contributed by atoms with Crippen molar-refractivity contribution >= 4 is 34.0 Å². The molecule has 3 atom stereocenters. The molecule has 2 amide bonds. The lowest BCUT2D eigenvalue weighted by Crippen LogP contribution is -2.37. The molecule has 5 nitrogen and oxygen atoms in total. The Kier molecular flexibility index (Phi) is 4.93. The summed E-state index contributed by atoms with van der Waals surface area (Å²) >= 11 is 0. The monoisotopic (exact) mass is 448 g/mol. The van der Waals surface area contributed by atoms with Crippen LogP contribution in [0.2, 0.25) is 0 Å². The zero-order chi connectivity index (χ0) is 23.2. The molecule has 2 fully saturated rings. The van der Waals surface area contributed by atoms with Gasteiger partial charge in [0.15, 0.2) is 6.10 Å². The normalized spacial score (nSPS) is 22.0. The van der Waals surface area contributed by atoms with Gasteiger partial charge in [-0.05, 0) is 41.1 Å². The summed E-state index contributed by atoms with van der Waals surface area (Å²) in [5, 5.41) is 3.60. The molecule has 0 spiro atoms. The zero-order valence-corrected chi connectivity index (χ0v) is 18.8. The van der Waals surface area contributed by atoms with Gasteiger partial charge in [-0.25, -0.2) is 9.96 Å². The summed E-state index contributed by atoms with van der Waals surface area (Å²) in [5.74, 6) is -1.19. The molecular formula is C29H24N2O3. The first-order valence-electron chi connectivity index (χ1n) is 11.6. The standard InChI is InChI=1S/C29H24N2O3/c1-2-19-15-17-21(18-16-19)26-25-27(34-31(26)22-11-4-3-5-12-22)29(33)30(28(25)32)24-14-8-10-20-9-6-7-13-23(20)24/h3-18,25-27H,2H2,1H3/t25-,26+,27+/m0/s1. The Bertz CT molecular complexity index is 1380. The molecule has 6 rings (SSSR count). The molecule has 0 saturated carbocycles. The van der Waals surface area contributed by atoms with E-state index in [1.165, 1.54) is 10.5 Å². The molecule has 5 heteroatoms. The number of aryl methyl sites for hydroxylation is 1. The van der Waals surface area contributed by atoms with Crippen LogP contribution in [0.4, 0.5) is 11.4 Å². The van der Waals surface area contributed by atoms with E-state index in [0.29, 0.717) is 5.69 Å². The third-order valence-electron chi connectivity index (χ3n) is 6.86. The SMILES string of the molecule is CCc1ccc([C@@H]2[C@@H]3C(=O)N(c4cccc5ccccc45)C(=O)[C@@H]3ON2c2ccccc2)cc1. The Morgan fingerprint density at radius 3 is 2.24 bits per heavy atom. The lowest BCUT2D eigenvalue weighted by molar-refractivity contribution is -0.126. The number of carbonyl (C=O) groups is 2. The van der Waals surface area contributed by atoms with Gasteiger partial charge in [-0.3, -0.25) is 14.4 Å². The highest BCUT2D eigenvalue weighted by molar-refractivity contribution is 6.26. The van der Waals surface area contributed by atoms with Gasteiger partial charge in [-0.2, -0.15) is 0 Å². The van der Waals surface area contributed by atoms with E-state index in [2.05, 4.69) is 19.1 Å². The van der Waals surface area contributed by atoms with Crippen LogP contribution in [-0.4, -0.2) is 17.9 Å². The molecule has 0 bridgehead atoms. The first-order chi connectivity index (χ1) is 16.7. The number of para-hydroxylation sites is 1. The van der Waals surface area contributed by atoms with Gasteiger partial charge < -0.3 is 0 Å². The summed E-state index contributed by atoms with van der Waals surface area (Å²) in [7, 11) is 0. The van der Waals surface area contributed by atoms with E-state index < -0.39 is 18.1 Å². The second-order valence-electron chi connectivity index (χ2n) is 8.76. The fourth-order valence-electron chi connectivity index (χ4n) is 5.14. The lowest BCUT2D eigenvalue weighted by atomic mass is 9.90. The number of fused-ring (bicyclic) bond motifs is 2. The average molecular weight is 449 g/mol. The molecule has 2 saturated heterocycles. The van der Waals surface area contributed by atoms with Gasteiger partial charge in [0.1, 0.15) is 5.92 Å². The number of hydroxylamine groups is 1. The highest BCUT2D eigenvalue weighted by Gasteiger charge is 2.60. The molecule has 0 N–H and O–H groups in total. The fourth-order valence-corrected chi connectivity index (χ4v) is 5.14. The third kappa shape index (κ3) is 3.12. The fraction of sp³-hybridized carbons (Fsp3) is 0.172. The molecule has 0 unspecified atom stereocenters. The summed E-state index contributed by atoms with van der Waals surface area (Å²) in [4.78, 5) is 35.2. The number of anilines is 2. The molecule has 2 heterocycles. The van der Waals surface area contributed by atoms with E-state index in [1.54, 1.807) is 5.06 Å². The Hall–Kier alpha value is -3.96. The molecule has 2 aliphatic rings. The highest BCUT2D eigenvalue weighted by Crippen LogP contribution is 2.48. The van der Waals surface area contributed by atoms with Crippen molar-refractivity contribution in [2.75, 3.05) is 9.96 Å². The summed E-state index contributed by atoms with van der Waals surface area (Å²) in [6.45, 7) is 2.11. The van der Waals surface area contributed by atoms with Crippen LogP contribution in [0.15, 0.2) is 97.1 Å². The van der Waals surface area contributed by atoms with E-state index in [4.69, 9.17) is 4.84 Å². The van der Waals surface area contributed by atoms with E-state index in [-0.39, 0.29) is 11.8 Å². The summed E-state index contributed by atoms with van der Waals surface area (Å²) in [6, 6.07) is 31.0. The molecule has 0 aromatic heterocycles. The molecular weight excluding hydrogens is 424 g/mol. The van der Waals surface area contributed by atoms with Gasteiger partial charge in [-0.15, -0.1) is 0 Å². The molecule has 4 aromatic carbocycles. The second-order valence-corrected chi connectivity index (χ2v) is 8.76.